The monoisotopic (exact) mass is 199 g/mol. The van der Waals surface area contributed by atoms with E-state index < -0.39 is 11.6 Å². The van der Waals surface area contributed by atoms with Crippen molar-refractivity contribution in [1.29, 1.82) is 0 Å². The van der Waals surface area contributed by atoms with Crippen LogP contribution in [0.4, 0.5) is 8.78 Å². The molecule has 0 bridgehead atoms. The van der Waals surface area contributed by atoms with Crippen LogP contribution in [0, 0.1) is 11.6 Å². The highest BCUT2D eigenvalue weighted by atomic mass is 19.1. The summed E-state index contributed by atoms with van der Waals surface area (Å²) in [5, 5.41) is 10.2. The van der Waals surface area contributed by atoms with Gasteiger partial charge in [-0.05, 0) is 18.6 Å². The molecule has 14 heavy (non-hydrogen) atoms. The summed E-state index contributed by atoms with van der Waals surface area (Å²) in [5.74, 6) is -1.28. The predicted octanol–water partition coefficient (Wildman–Crippen LogP) is 2.14. The Balaban J connectivity index is 2.31. The maximum atomic E-state index is 13.3. The SMILES string of the molecule is ON1CCC(c2c(F)cccc2F)C1. The van der Waals surface area contributed by atoms with Crippen LogP contribution in [0.25, 0.3) is 0 Å². The summed E-state index contributed by atoms with van der Waals surface area (Å²) >= 11 is 0. The molecule has 1 aromatic carbocycles. The van der Waals surface area contributed by atoms with Crippen molar-refractivity contribution in [3.63, 3.8) is 0 Å². The van der Waals surface area contributed by atoms with Crippen LogP contribution in [-0.4, -0.2) is 23.4 Å². The van der Waals surface area contributed by atoms with Gasteiger partial charge in [-0.3, -0.25) is 0 Å². The van der Waals surface area contributed by atoms with E-state index in [2.05, 4.69) is 0 Å². The largest absolute Gasteiger partial charge is 0.314 e. The van der Waals surface area contributed by atoms with Crippen molar-refractivity contribution < 1.29 is 14.0 Å². The molecule has 2 rings (SSSR count). The number of hydrogen-bond donors (Lipinski definition) is 1. The highest BCUT2D eigenvalue weighted by Crippen LogP contribution is 2.29. The van der Waals surface area contributed by atoms with Crippen LogP contribution < -0.4 is 0 Å². The fourth-order valence-electron chi connectivity index (χ4n) is 1.88. The van der Waals surface area contributed by atoms with E-state index in [4.69, 9.17) is 5.21 Å². The number of halogens is 2. The lowest BCUT2D eigenvalue weighted by molar-refractivity contribution is -0.0692. The van der Waals surface area contributed by atoms with E-state index in [1.807, 2.05) is 0 Å². The van der Waals surface area contributed by atoms with Crippen LogP contribution in [0.5, 0.6) is 0 Å². The fraction of sp³-hybridized carbons (Fsp3) is 0.400. The molecule has 1 N–H and O–H groups in total. The number of nitrogens with zero attached hydrogens (tertiary/aromatic N) is 1. The highest BCUT2D eigenvalue weighted by Gasteiger charge is 2.27. The maximum Gasteiger partial charge on any atom is 0.129 e. The van der Waals surface area contributed by atoms with Gasteiger partial charge in [-0.2, -0.15) is 5.06 Å². The van der Waals surface area contributed by atoms with Crippen LogP contribution >= 0.6 is 0 Å². The van der Waals surface area contributed by atoms with Crippen molar-refractivity contribution in [3.8, 4) is 0 Å². The molecule has 4 heteroatoms. The molecule has 1 unspecified atom stereocenters. The number of hydrogen-bond acceptors (Lipinski definition) is 2. The summed E-state index contributed by atoms with van der Waals surface area (Å²) in [4.78, 5) is 0. The van der Waals surface area contributed by atoms with Gasteiger partial charge in [0.05, 0.1) is 0 Å². The lowest BCUT2D eigenvalue weighted by Gasteiger charge is -2.11. The van der Waals surface area contributed by atoms with E-state index in [1.165, 1.54) is 18.2 Å². The van der Waals surface area contributed by atoms with Gasteiger partial charge >= 0.3 is 0 Å². The van der Waals surface area contributed by atoms with Gasteiger partial charge < -0.3 is 5.21 Å². The van der Waals surface area contributed by atoms with Gasteiger partial charge in [-0.15, -0.1) is 0 Å². The molecule has 0 radical (unpaired) electrons. The maximum absolute atomic E-state index is 13.3. The van der Waals surface area contributed by atoms with Crippen molar-refractivity contribution in [2.45, 2.75) is 12.3 Å². The van der Waals surface area contributed by atoms with Crippen LogP contribution in [-0.2, 0) is 0 Å². The van der Waals surface area contributed by atoms with Crippen molar-refractivity contribution in [1.82, 2.24) is 5.06 Å². The quantitative estimate of drug-likeness (QED) is 0.749. The molecule has 0 saturated carbocycles. The van der Waals surface area contributed by atoms with Crippen molar-refractivity contribution >= 4 is 0 Å². The van der Waals surface area contributed by atoms with Gasteiger partial charge in [0, 0.05) is 24.6 Å². The molecule has 0 aromatic heterocycles. The summed E-state index contributed by atoms with van der Waals surface area (Å²) < 4.78 is 26.6. The molecule has 1 heterocycles. The molecule has 1 aromatic rings. The molecule has 0 spiro atoms. The molecular formula is C10H11F2NO. The number of benzene rings is 1. The Bertz CT molecular complexity index is 323. The third-order valence-corrected chi connectivity index (χ3v) is 2.57. The molecule has 1 saturated heterocycles. The first-order valence-electron chi connectivity index (χ1n) is 4.56. The van der Waals surface area contributed by atoms with Crippen LogP contribution in [0.1, 0.15) is 17.9 Å². The topological polar surface area (TPSA) is 23.5 Å². The fourth-order valence-corrected chi connectivity index (χ4v) is 1.88. The van der Waals surface area contributed by atoms with Gasteiger partial charge in [-0.1, -0.05) is 6.07 Å². The van der Waals surface area contributed by atoms with Crippen LogP contribution in [0.2, 0.25) is 0 Å². The minimum Gasteiger partial charge on any atom is -0.314 e. The van der Waals surface area contributed by atoms with E-state index in [-0.39, 0.29) is 11.5 Å². The lowest BCUT2D eigenvalue weighted by atomic mass is 9.97. The van der Waals surface area contributed by atoms with Gasteiger partial charge in [0.1, 0.15) is 11.6 Å². The Kier molecular flexibility index (Phi) is 2.48. The molecule has 1 atom stereocenters. The van der Waals surface area contributed by atoms with Crippen molar-refractivity contribution in [3.05, 3.63) is 35.4 Å². The molecule has 2 nitrogen and oxygen atoms in total. The van der Waals surface area contributed by atoms with Crippen molar-refractivity contribution in [2.75, 3.05) is 13.1 Å². The summed E-state index contributed by atoms with van der Waals surface area (Å²) in [6, 6.07) is 3.84. The summed E-state index contributed by atoms with van der Waals surface area (Å²) in [5.41, 5.74) is 0.101. The number of rotatable bonds is 1. The minimum atomic E-state index is -0.523. The average Bonchev–Trinajstić information content (AvgIpc) is 2.51. The number of hydroxylamine groups is 2. The Morgan fingerprint density at radius 3 is 2.43 bits per heavy atom. The zero-order valence-corrected chi connectivity index (χ0v) is 7.58. The lowest BCUT2D eigenvalue weighted by Crippen LogP contribution is -2.15. The highest BCUT2D eigenvalue weighted by molar-refractivity contribution is 5.24. The third-order valence-electron chi connectivity index (χ3n) is 2.57. The Hall–Kier alpha value is -1.00. The second-order valence-electron chi connectivity index (χ2n) is 3.53. The second-order valence-corrected chi connectivity index (χ2v) is 3.53. The summed E-state index contributed by atoms with van der Waals surface area (Å²) in [7, 11) is 0. The zero-order valence-electron chi connectivity index (χ0n) is 7.58. The van der Waals surface area contributed by atoms with Gasteiger partial charge in [0.25, 0.3) is 0 Å². The molecule has 1 aliphatic rings. The molecule has 76 valence electrons. The predicted molar refractivity (Wildman–Crippen MR) is 47.1 cm³/mol. The van der Waals surface area contributed by atoms with Crippen LogP contribution in [0.15, 0.2) is 18.2 Å². The van der Waals surface area contributed by atoms with Crippen molar-refractivity contribution in [2.24, 2.45) is 0 Å². The Morgan fingerprint density at radius 2 is 1.93 bits per heavy atom. The van der Waals surface area contributed by atoms with Gasteiger partial charge in [0.2, 0.25) is 0 Å². The van der Waals surface area contributed by atoms with E-state index in [0.717, 1.165) is 5.06 Å². The standard InChI is InChI=1S/C10H11F2NO/c11-8-2-1-3-9(12)10(8)7-4-5-13(14)6-7/h1-3,7,14H,4-6H2. The average molecular weight is 199 g/mol. The first kappa shape index (κ1) is 9.55. The normalized spacial score (nSPS) is 22.9. The Labute approximate surface area is 80.7 Å². The van der Waals surface area contributed by atoms with E-state index in [1.54, 1.807) is 0 Å². The third kappa shape index (κ3) is 1.63. The van der Waals surface area contributed by atoms with E-state index in [9.17, 15) is 8.78 Å². The summed E-state index contributed by atoms with van der Waals surface area (Å²) in [6.07, 6.45) is 0.592. The smallest absolute Gasteiger partial charge is 0.129 e. The molecule has 1 fully saturated rings. The van der Waals surface area contributed by atoms with E-state index in [0.29, 0.717) is 19.5 Å². The molecule has 1 aliphatic heterocycles. The van der Waals surface area contributed by atoms with Crippen LogP contribution in [0.3, 0.4) is 0 Å². The first-order valence-corrected chi connectivity index (χ1v) is 4.56. The van der Waals surface area contributed by atoms with E-state index >= 15 is 0 Å². The second kappa shape index (κ2) is 3.63. The molecule has 0 aliphatic carbocycles. The molecular weight excluding hydrogens is 188 g/mol. The van der Waals surface area contributed by atoms with Gasteiger partial charge in [-0.25, -0.2) is 8.78 Å². The Morgan fingerprint density at radius 1 is 1.29 bits per heavy atom. The van der Waals surface area contributed by atoms with Gasteiger partial charge in [0.15, 0.2) is 0 Å². The molecule has 0 amide bonds. The zero-order chi connectivity index (χ0) is 10.1. The summed E-state index contributed by atoms with van der Waals surface area (Å²) in [6.45, 7) is 0.774. The minimum absolute atomic E-state index is 0.101. The first-order chi connectivity index (χ1) is 6.68.